The molecule has 160 valence electrons. The molecular formula is C26H26ClNO3. The summed E-state index contributed by atoms with van der Waals surface area (Å²) < 4.78 is 0. The quantitative estimate of drug-likeness (QED) is 0.498. The normalized spacial score (nSPS) is 16.5. The number of nitrogens with one attached hydrogen (secondary N) is 1. The Hall–Kier alpha value is -2.66. The lowest BCUT2D eigenvalue weighted by Crippen LogP contribution is -2.37. The summed E-state index contributed by atoms with van der Waals surface area (Å²) in [5, 5.41) is 23.8. The SMILES string of the molecule is Cc1cc(C(=O)O)ccc1-c1ccc2c(c1)C[C@@H](NC[C@H](O)c1cccc(Cl)c1)CC2. The van der Waals surface area contributed by atoms with Gasteiger partial charge in [0.15, 0.2) is 0 Å². The number of carboxylic acids is 1. The lowest BCUT2D eigenvalue weighted by Gasteiger charge is -2.27. The van der Waals surface area contributed by atoms with Gasteiger partial charge in [-0.25, -0.2) is 4.79 Å². The van der Waals surface area contributed by atoms with Crippen LogP contribution in [0.3, 0.4) is 0 Å². The lowest BCUT2D eigenvalue weighted by atomic mass is 9.85. The van der Waals surface area contributed by atoms with Crippen molar-refractivity contribution in [3.05, 3.63) is 93.5 Å². The number of aliphatic hydroxyl groups excluding tert-OH is 1. The average Bonchev–Trinajstić information content (AvgIpc) is 2.76. The predicted molar refractivity (Wildman–Crippen MR) is 124 cm³/mol. The van der Waals surface area contributed by atoms with Gasteiger partial charge in [0.05, 0.1) is 11.7 Å². The van der Waals surface area contributed by atoms with Crippen LogP contribution in [-0.2, 0) is 12.8 Å². The van der Waals surface area contributed by atoms with E-state index in [0.717, 1.165) is 41.5 Å². The molecule has 0 amide bonds. The first-order valence-electron chi connectivity index (χ1n) is 10.5. The van der Waals surface area contributed by atoms with E-state index in [1.165, 1.54) is 11.1 Å². The lowest BCUT2D eigenvalue weighted by molar-refractivity contribution is 0.0697. The fourth-order valence-electron chi connectivity index (χ4n) is 4.33. The van der Waals surface area contributed by atoms with E-state index in [1.807, 2.05) is 25.1 Å². The van der Waals surface area contributed by atoms with Crippen molar-refractivity contribution >= 4 is 17.6 Å². The van der Waals surface area contributed by atoms with Crippen LogP contribution in [0.4, 0.5) is 0 Å². The molecule has 5 heteroatoms. The Kier molecular flexibility index (Phi) is 6.42. The molecule has 0 saturated carbocycles. The summed E-state index contributed by atoms with van der Waals surface area (Å²) in [4.78, 5) is 11.2. The maximum absolute atomic E-state index is 11.2. The highest BCUT2D eigenvalue weighted by Gasteiger charge is 2.20. The Morgan fingerprint density at radius 1 is 1.13 bits per heavy atom. The first kappa shape index (κ1) is 21.6. The van der Waals surface area contributed by atoms with Crippen LogP contribution in [-0.4, -0.2) is 28.8 Å². The van der Waals surface area contributed by atoms with E-state index in [0.29, 0.717) is 23.2 Å². The van der Waals surface area contributed by atoms with Gasteiger partial charge in [-0.15, -0.1) is 0 Å². The van der Waals surface area contributed by atoms with Gasteiger partial charge in [0.2, 0.25) is 0 Å². The number of aryl methyl sites for hydroxylation is 2. The van der Waals surface area contributed by atoms with Crippen molar-refractivity contribution in [3.8, 4) is 11.1 Å². The molecular weight excluding hydrogens is 410 g/mol. The molecule has 0 unspecified atom stereocenters. The Morgan fingerprint density at radius 2 is 1.97 bits per heavy atom. The molecule has 4 nitrogen and oxygen atoms in total. The van der Waals surface area contributed by atoms with Crippen LogP contribution in [0.1, 0.15) is 45.1 Å². The summed E-state index contributed by atoms with van der Waals surface area (Å²) in [5.41, 5.74) is 6.90. The number of fused-ring (bicyclic) bond motifs is 1. The minimum absolute atomic E-state index is 0.298. The van der Waals surface area contributed by atoms with Gasteiger partial charge in [0, 0.05) is 17.6 Å². The molecule has 3 aromatic carbocycles. The third kappa shape index (κ3) is 4.99. The van der Waals surface area contributed by atoms with Crippen molar-refractivity contribution in [2.24, 2.45) is 0 Å². The van der Waals surface area contributed by atoms with Crippen molar-refractivity contribution in [1.29, 1.82) is 0 Å². The average molecular weight is 436 g/mol. The van der Waals surface area contributed by atoms with Gasteiger partial charge in [-0.3, -0.25) is 0 Å². The molecule has 0 radical (unpaired) electrons. The third-order valence-electron chi connectivity index (χ3n) is 6.05. The maximum Gasteiger partial charge on any atom is 0.335 e. The fourth-order valence-corrected chi connectivity index (χ4v) is 4.53. The van der Waals surface area contributed by atoms with Gasteiger partial charge in [-0.2, -0.15) is 0 Å². The number of aliphatic hydroxyl groups is 1. The van der Waals surface area contributed by atoms with Gasteiger partial charge < -0.3 is 15.5 Å². The number of benzene rings is 3. The zero-order valence-corrected chi connectivity index (χ0v) is 18.2. The zero-order valence-electron chi connectivity index (χ0n) is 17.4. The standard InChI is InChI=1S/C26H26ClNO3/c1-16-11-20(26(30)31)8-10-24(16)18-6-5-17-7-9-23(14-21(17)12-18)28-15-25(29)19-3-2-4-22(27)13-19/h2-6,8,10-13,23,25,28-29H,7,9,14-15H2,1H3,(H,30,31)/t23-,25-/m0/s1. The largest absolute Gasteiger partial charge is 0.478 e. The van der Waals surface area contributed by atoms with Crippen molar-refractivity contribution in [1.82, 2.24) is 5.32 Å². The molecule has 0 aliphatic heterocycles. The van der Waals surface area contributed by atoms with E-state index in [-0.39, 0.29) is 0 Å². The van der Waals surface area contributed by atoms with E-state index in [1.54, 1.807) is 24.3 Å². The fraction of sp³-hybridized carbons (Fsp3) is 0.269. The smallest absolute Gasteiger partial charge is 0.335 e. The summed E-state index contributed by atoms with van der Waals surface area (Å²) in [7, 11) is 0. The summed E-state index contributed by atoms with van der Waals surface area (Å²) in [5.74, 6) is -0.908. The Bertz CT molecular complexity index is 1110. The zero-order chi connectivity index (χ0) is 22.0. The second kappa shape index (κ2) is 9.23. The van der Waals surface area contributed by atoms with Crippen molar-refractivity contribution < 1.29 is 15.0 Å². The molecule has 0 saturated heterocycles. The van der Waals surface area contributed by atoms with E-state index >= 15 is 0 Å². The molecule has 0 fully saturated rings. The first-order valence-corrected chi connectivity index (χ1v) is 10.9. The number of rotatable bonds is 6. The molecule has 3 N–H and O–H groups in total. The van der Waals surface area contributed by atoms with Crippen LogP contribution >= 0.6 is 11.6 Å². The van der Waals surface area contributed by atoms with E-state index in [2.05, 4.69) is 23.5 Å². The van der Waals surface area contributed by atoms with Gasteiger partial charge in [0.1, 0.15) is 0 Å². The van der Waals surface area contributed by atoms with E-state index < -0.39 is 12.1 Å². The number of hydrogen-bond acceptors (Lipinski definition) is 3. The number of hydrogen-bond donors (Lipinski definition) is 3. The van der Waals surface area contributed by atoms with Crippen LogP contribution in [0.2, 0.25) is 5.02 Å². The maximum atomic E-state index is 11.2. The van der Waals surface area contributed by atoms with Gasteiger partial charge in [-0.1, -0.05) is 48.0 Å². The molecule has 2 atom stereocenters. The number of carbonyl (C=O) groups is 1. The monoisotopic (exact) mass is 435 g/mol. The van der Waals surface area contributed by atoms with Crippen LogP contribution in [0.15, 0.2) is 60.7 Å². The summed E-state index contributed by atoms with van der Waals surface area (Å²) >= 11 is 6.03. The molecule has 0 spiro atoms. The second-order valence-corrected chi connectivity index (χ2v) is 8.67. The predicted octanol–water partition coefficient (Wildman–Crippen LogP) is 5.19. The van der Waals surface area contributed by atoms with E-state index in [9.17, 15) is 15.0 Å². The highest BCUT2D eigenvalue weighted by Crippen LogP contribution is 2.30. The number of aromatic carboxylic acids is 1. The summed E-state index contributed by atoms with van der Waals surface area (Å²) in [6.07, 6.45) is 2.33. The van der Waals surface area contributed by atoms with Crippen LogP contribution in [0, 0.1) is 6.92 Å². The molecule has 31 heavy (non-hydrogen) atoms. The van der Waals surface area contributed by atoms with Crippen molar-refractivity contribution in [3.63, 3.8) is 0 Å². The molecule has 4 rings (SSSR count). The molecule has 0 aromatic heterocycles. The third-order valence-corrected chi connectivity index (χ3v) is 6.29. The Labute approximate surface area is 187 Å². The van der Waals surface area contributed by atoms with Crippen LogP contribution in [0.5, 0.6) is 0 Å². The van der Waals surface area contributed by atoms with Crippen molar-refractivity contribution in [2.75, 3.05) is 6.54 Å². The van der Waals surface area contributed by atoms with Crippen LogP contribution in [0.25, 0.3) is 11.1 Å². The van der Waals surface area contributed by atoms with E-state index in [4.69, 9.17) is 11.6 Å². The Morgan fingerprint density at radius 3 is 2.71 bits per heavy atom. The van der Waals surface area contributed by atoms with Gasteiger partial charge in [0.25, 0.3) is 0 Å². The molecule has 0 heterocycles. The first-order chi connectivity index (χ1) is 14.9. The highest BCUT2D eigenvalue weighted by atomic mass is 35.5. The molecule has 3 aromatic rings. The topological polar surface area (TPSA) is 69.6 Å². The summed E-state index contributed by atoms with van der Waals surface area (Å²) in [6.45, 7) is 2.43. The second-order valence-electron chi connectivity index (χ2n) is 8.24. The highest BCUT2D eigenvalue weighted by molar-refractivity contribution is 6.30. The molecule has 1 aliphatic carbocycles. The minimum atomic E-state index is -0.908. The van der Waals surface area contributed by atoms with Crippen LogP contribution < -0.4 is 5.32 Å². The number of carboxylic acid groups (broad SMARTS) is 1. The number of halogens is 1. The molecule has 1 aliphatic rings. The van der Waals surface area contributed by atoms with Gasteiger partial charge in [-0.05, 0) is 83.8 Å². The van der Waals surface area contributed by atoms with Crippen molar-refractivity contribution in [2.45, 2.75) is 38.3 Å². The Balaban J connectivity index is 1.46. The van der Waals surface area contributed by atoms with Gasteiger partial charge >= 0.3 is 5.97 Å². The summed E-state index contributed by atoms with van der Waals surface area (Å²) in [6, 6.07) is 19.4. The molecule has 0 bridgehead atoms. The minimum Gasteiger partial charge on any atom is -0.478 e.